The zero-order valence-corrected chi connectivity index (χ0v) is 42.2. The van der Waals surface area contributed by atoms with Gasteiger partial charge in [0, 0.05) is 12.8 Å². The van der Waals surface area contributed by atoms with Gasteiger partial charge in [0.1, 0.15) is 13.2 Å². The maximum absolute atomic E-state index is 12.8. The van der Waals surface area contributed by atoms with Gasteiger partial charge in [-0.2, -0.15) is 0 Å². The first kappa shape index (κ1) is 61.3. The zero-order valence-electron chi connectivity index (χ0n) is 42.2. The van der Waals surface area contributed by atoms with E-state index in [1.165, 1.54) is 103 Å². The number of rotatable bonds is 47. The molecular weight excluding hydrogens is 805 g/mol. The van der Waals surface area contributed by atoms with E-state index in [1.54, 1.807) is 6.08 Å². The standard InChI is InChI=1S/C59H98O6/c1-4-7-10-13-16-19-22-25-28-29-32-34-37-40-43-46-49-52-58(61)64-55-56(65-59(62)53-50-47-44-41-38-35-31-27-24-21-18-15-12-9-6-3)54-63-57(60)51-48-45-42-39-36-33-30-26-23-20-17-14-11-8-5-2/h9,12,16,18-19,21,25-28,30-31,38,41,47,50,56H,4-8,10-11,13-15,17,20,22-24,29,32-37,39-40,42-46,48-49,51-55H2,1-3H3/b12-9-,19-16-,21-18-,28-25-,30-26-,31-27-,41-38-,50-47-. The number of esters is 3. The Bertz CT molecular complexity index is 1310. The molecule has 0 aromatic heterocycles. The van der Waals surface area contributed by atoms with Gasteiger partial charge in [0.25, 0.3) is 0 Å². The third-order valence-electron chi connectivity index (χ3n) is 11.1. The third-order valence-corrected chi connectivity index (χ3v) is 11.1. The topological polar surface area (TPSA) is 78.9 Å². The highest BCUT2D eigenvalue weighted by Crippen LogP contribution is 2.13. The van der Waals surface area contributed by atoms with E-state index in [1.807, 2.05) is 6.08 Å². The molecule has 0 heterocycles. The summed E-state index contributed by atoms with van der Waals surface area (Å²) < 4.78 is 16.7. The molecular formula is C59H98O6. The van der Waals surface area contributed by atoms with Gasteiger partial charge in [-0.15, -0.1) is 0 Å². The Morgan fingerprint density at radius 3 is 1.06 bits per heavy atom. The highest BCUT2D eigenvalue weighted by molar-refractivity contribution is 5.72. The third kappa shape index (κ3) is 51.2. The lowest BCUT2D eigenvalue weighted by atomic mass is 10.1. The molecule has 0 fully saturated rings. The van der Waals surface area contributed by atoms with Crippen molar-refractivity contribution < 1.29 is 28.6 Å². The second-order valence-corrected chi connectivity index (χ2v) is 17.4. The zero-order chi connectivity index (χ0) is 47.2. The number of hydrogen-bond donors (Lipinski definition) is 0. The monoisotopic (exact) mass is 903 g/mol. The quantitative estimate of drug-likeness (QED) is 0.0262. The fourth-order valence-electron chi connectivity index (χ4n) is 7.07. The summed E-state index contributed by atoms with van der Waals surface area (Å²) in [5.41, 5.74) is 0. The Morgan fingerprint density at radius 2 is 0.646 bits per heavy atom. The average Bonchev–Trinajstić information content (AvgIpc) is 3.30. The number of allylic oxidation sites excluding steroid dienone is 15. The molecule has 370 valence electrons. The van der Waals surface area contributed by atoms with Crippen LogP contribution in [0.15, 0.2) is 97.2 Å². The predicted octanol–water partition coefficient (Wildman–Crippen LogP) is 17.8. The molecule has 0 aromatic carbocycles. The highest BCUT2D eigenvalue weighted by atomic mass is 16.6. The molecule has 0 aliphatic heterocycles. The smallest absolute Gasteiger partial charge is 0.310 e. The Morgan fingerprint density at radius 1 is 0.338 bits per heavy atom. The highest BCUT2D eigenvalue weighted by Gasteiger charge is 2.19. The van der Waals surface area contributed by atoms with Gasteiger partial charge in [0.15, 0.2) is 6.10 Å². The first-order chi connectivity index (χ1) is 32.0. The van der Waals surface area contributed by atoms with E-state index in [-0.39, 0.29) is 31.6 Å². The molecule has 0 aliphatic carbocycles. The predicted molar refractivity (Wildman–Crippen MR) is 279 cm³/mol. The maximum Gasteiger partial charge on any atom is 0.310 e. The van der Waals surface area contributed by atoms with Crippen LogP contribution in [0.3, 0.4) is 0 Å². The Labute approximate surface area is 400 Å². The van der Waals surface area contributed by atoms with E-state index in [9.17, 15) is 14.4 Å². The van der Waals surface area contributed by atoms with Crippen LogP contribution in [0.4, 0.5) is 0 Å². The molecule has 0 saturated heterocycles. The SMILES string of the molecule is CC/C=C\C/C=C\C/C=C\C/C=C\C/C=C\CC(=O)OC(COC(=O)CCCCCCC/C=C\CCCCCCCC)COC(=O)CCCCCCCCC/C=C\C/C=C\CCCCC. The van der Waals surface area contributed by atoms with Gasteiger partial charge < -0.3 is 14.2 Å². The summed E-state index contributed by atoms with van der Waals surface area (Å²) in [6, 6.07) is 0. The molecule has 0 rings (SSSR count). The number of carbonyl (C=O) groups is 3. The van der Waals surface area contributed by atoms with Crippen LogP contribution >= 0.6 is 0 Å². The minimum Gasteiger partial charge on any atom is -0.462 e. The summed E-state index contributed by atoms with van der Waals surface area (Å²) in [6.07, 6.45) is 69.8. The molecule has 6 nitrogen and oxygen atoms in total. The molecule has 65 heavy (non-hydrogen) atoms. The van der Waals surface area contributed by atoms with Crippen molar-refractivity contribution >= 4 is 17.9 Å². The van der Waals surface area contributed by atoms with E-state index >= 15 is 0 Å². The number of ether oxygens (including phenoxy) is 3. The van der Waals surface area contributed by atoms with Gasteiger partial charge in [-0.05, 0) is 103 Å². The number of carbonyl (C=O) groups excluding carboxylic acids is 3. The van der Waals surface area contributed by atoms with E-state index in [2.05, 4.69) is 106 Å². The molecule has 6 heteroatoms. The van der Waals surface area contributed by atoms with Crippen LogP contribution in [0.5, 0.6) is 0 Å². The van der Waals surface area contributed by atoms with Crippen molar-refractivity contribution in [1.82, 2.24) is 0 Å². The van der Waals surface area contributed by atoms with Crippen molar-refractivity contribution in [1.29, 1.82) is 0 Å². The first-order valence-electron chi connectivity index (χ1n) is 26.7. The fourth-order valence-corrected chi connectivity index (χ4v) is 7.07. The minimum absolute atomic E-state index is 0.0917. The molecule has 0 aliphatic rings. The molecule has 1 unspecified atom stereocenters. The molecule has 0 saturated carbocycles. The molecule has 0 aromatic rings. The average molecular weight is 903 g/mol. The molecule has 0 N–H and O–H groups in total. The van der Waals surface area contributed by atoms with Gasteiger partial charge in [0.05, 0.1) is 6.42 Å². The van der Waals surface area contributed by atoms with Crippen molar-refractivity contribution in [3.63, 3.8) is 0 Å². The van der Waals surface area contributed by atoms with Crippen molar-refractivity contribution in [2.45, 2.75) is 245 Å². The normalized spacial score (nSPS) is 12.8. The number of hydrogen-bond acceptors (Lipinski definition) is 6. The van der Waals surface area contributed by atoms with Gasteiger partial charge in [-0.3, -0.25) is 14.4 Å². The van der Waals surface area contributed by atoms with Crippen molar-refractivity contribution in [3.8, 4) is 0 Å². The summed E-state index contributed by atoms with van der Waals surface area (Å²) >= 11 is 0. The lowest BCUT2D eigenvalue weighted by Crippen LogP contribution is -2.30. The lowest BCUT2D eigenvalue weighted by Gasteiger charge is -2.18. The Hall–Kier alpha value is -3.67. The summed E-state index contributed by atoms with van der Waals surface area (Å²) in [5, 5.41) is 0. The minimum atomic E-state index is -0.839. The van der Waals surface area contributed by atoms with Gasteiger partial charge >= 0.3 is 17.9 Å². The largest absolute Gasteiger partial charge is 0.462 e. The molecule has 1 atom stereocenters. The Kier molecular flexibility index (Phi) is 50.0. The van der Waals surface area contributed by atoms with Crippen LogP contribution in [0, 0.1) is 0 Å². The maximum atomic E-state index is 12.8. The van der Waals surface area contributed by atoms with E-state index < -0.39 is 12.1 Å². The van der Waals surface area contributed by atoms with Crippen molar-refractivity contribution in [2.75, 3.05) is 13.2 Å². The Balaban J connectivity index is 4.53. The van der Waals surface area contributed by atoms with Crippen molar-refractivity contribution in [3.05, 3.63) is 97.2 Å². The van der Waals surface area contributed by atoms with Gasteiger partial charge in [-0.25, -0.2) is 0 Å². The van der Waals surface area contributed by atoms with Crippen LogP contribution in [-0.4, -0.2) is 37.2 Å². The lowest BCUT2D eigenvalue weighted by molar-refractivity contribution is -0.166. The summed E-state index contributed by atoms with van der Waals surface area (Å²) in [7, 11) is 0. The number of unbranched alkanes of at least 4 members (excludes halogenated alkanes) is 21. The van der Waals surface area contributed by atoms with E-state index in [0.29, 0.717) is 12.8 Å². The molecule has 0 spiro atoms. The molecule has 0 bridgehead atoms. The second-order valence-electron chi connectivity index (χ2n) is 17.4. The molecule has 0 amide bonds. The van der Waals surface area contributed by atoms with Gasteiger partial charge in [0.2, 0.25) is 0 Å². The van der Waals surface area contributed by atoms with E-state index in [0.717, 1.165) is 96.3 Å². The fraction of sp³-hybridized carbons (Fsp3) is 0.678. The van der Waals surface area contributed by atoms with Crippen molar-refractivity contribution in [2.24, 2.45) is 0 Å². The summed E-state index contributed by atoms with van der Waals surface area (Å²) in [4.78, 5) is 38.0. The summed E-state index contributed by atoms with van der Waals surface area (Å²) in [6.45, 7) is 6.39. The van der Waals surface area contributed by atoms with Crippen LogP contribution in [0.25, 0.3) is 0 Å². The van der Waals surface area contributed by atoms with E-state index in [4.69, 9.17) is 14.2 Å². The van der Waals surface area contributed by atoms with Gasteiger partial charge in [-0.1, -0.05) is 214 Å². The van der Waals surface area contributed by atoms with Crippen LogP contribution < -0.4 is 0 Å². The summed E-state index contributed by atoms with van der Waals surface area (Å²) in [5.74, 6) is -1.07. The molecule has 0 radical (unpaired) electrons. The van der Waals surface area contributed by atoms with Crippen LogP contribution in [-0.2, 0) is 28.6 Å². The van der Waals surface area contributed by atoms with Crippen LogP contribution in [0.1, 0.15) is 239 Å². The van der Waals surface area contributed by atoms with Crippen LogP contribution in [0.2, 0.25) is 0 Å². The first-order valence-corrected chi connectivity index (χ1v) is 26.7. The second kappa shape index (κ2) is 52.9.